The van der Waals surface area contributed by atoms with Crippen LogP contribution >= 0.6 is 0 Å². The van der Waals surface area contributed by atoms with Crippen LogP contribution in [0.2, 0.25) is 0 Å². The molecule has 0 radical (unpaired) electrons. The van der Waals surface area contributed by atoms with Gasteiger partial charge >= 0.3 is 6.18 Å². The van der Waals surface area contributed by atoms with Crippen molar-refractivity contribution in [1.82, 2.24) is 14.6 Å². The fourth-order valence-electron chi connectivity index (χ4n) is 2.43. The molecule has 130 valence electrons. The minimum absolute atomic E-state index is 0.0295. The lowest BCUT2D eigenvalue weighted by molar-refractivity contribution is -0.384. The normalized spacial score (nSPS) is 13.0. The molecule has 1 N–H and O–H groups in total. The van der Waals surface area contributed by atoms with E-state index in [1.54, 1.807) is 35.7 Å². The summed E-state index contributed by atoms with van der Waals surface area (Å²) in [6.07, 6.45) is -2.93. The van der Waals surface area contributed by atoms with Gasteiger partial charge in [-0.25, -0.2) is 0 Å². The van der Waals surface area contributed by atoms with E-state index in [4.69, 9.17) is 0 Å². The van der Waals surface area contributed by atoms with E-state index < -0.39 is 28.4 Å². The topological polar surface area (TPSA) is 85.4 Å². The summed E-state index contributed by atoms with van der Waals surface area (Å²) in [6, 6.07) is 7.12. The Morgan fingerprint density at radius 1 is 1.24 bits per heavy atom. The van der Waals surface area contributed by atoms with Gasteiger partial charge < -0.3 is 5.32 Å². The van der Waals surface area contributed by atoms with Gasteiger partial charge in [-0.05, 0) is 31.2 Å². The number of nitro benzene ring substituents is 1. The maximum absolute atomic E-state index is 12.8. The van der Waals surface area contributed by atoms with Crippen molar-refractivity contribution >= 4 is 17.0 Å². The molecule has 7 nitrogen and oxygen atoms in total. The Kier molecular flexibility index (Phi) is 4.03. The van der Waals surface area contributed by atoms with Crippen LogP contribution in [0.1, 0.15) is 24.4 Å². The van der Waals surface area contributed by atoms with Crippen LogP contribution in [-0.4, -0.2) is 19.5 Å². The zero-order chi connectivity index (χ0) is 18.2. The van der Waals surface area contributed by atoms with E-state index in [0.717, 1.165) is 12.1 Å². The number of hydrogen-bond donors (Lipinski definition) is 1. The van der Waals surface area contributed by atoms with Crippen molar-refractivity contribution in [3.05, 3.63) is 64.1 Å². The molecule has 2 aromatic heterocycles. The quantitative estimate of drug-likeness (QED) is 0.570. The number of anilines is 1. The second-order valence-corrected chi connectivity index (χ2v) is 5.34. The van der Waals surface area contributed by atoms with Crippen molar-refractivity contribution in [3.63, 3.8) is 0 Å². The number of benzene rings is 1. The maximum Gasteiger partial charge on any atom is 0.416 e. The third-order valence-corrected chi connectivity index (χ3v) is 3.62. The van der Waals surface area contributed by atoms with Gasteiger partial charge in [-0.15, -0.1) is 10.2 Å². The average Bonchev–Trinajstić information content (AvgIpc) is 2.98. The zero-order valence-corrected chi connectivity index (χ0v) is 12.9. The van der Waals surface area contributed by atoms with E-state index in [-0.39, 0.29) is 5.69 Å². The minimum atomic E-state index is -4.65. The number of rotatable bonds is 4. The summed E-state index contributed by atoms with van der Waals surface area (Å²) in [5, 5.41) is 22.0. The molecule has 3 aromatic rings. The van der Waals surface area contributed by atoms with Crippen molar-refractivity contribution in [3.8, 4) is 0 Å². The Balaban J connectivity index is 1.95. The summed E-state index contributed by atoms with van der Waals surface area (Å²) in [6.45, 7) is 1.69. The standard InChI is InChI=1S/C15H12F3N5O2/c1-9(14-21-20-13-4-2-3-7-22(13)14)19-11-6-5-10(15(16,17)18)8-12(11)23(24)25/h2-9,19H,1H3/t9-/m1/s1. The van der Waals surface area contributed by atoms with Gasteiger partial charge in [0.15, 0.2) is 11.5 Å². The molecule has 0 saturated carbocycles. The lowest BCUT2D eigenvalue weighted by Crippen LogP contribution is -2.13. The second kappa shape index (κ2) is 6.04. The highest BCUT2D eigenvalue weighted by Crippen LogP contribution is 2.36. The van der Waals surface area contributed by atoms with Crippen LogP contribution in [0, 0.1) is 10.1 Å². The highest BCUT2D eigenvalue weighted by molar-refractivity contribution is 5.63. The third-order valence-electron chi connectivity index (χ3n) is 3.62. The molecule has 1 atom stereocenters. The van der Waals surface area contributed by atoms with Gasteiger partial charge in [0.05, 0.1) is 16.5 Å². The number of fused-ring (bicyclic) bond motifs is 1. The van der Waals surface area contributed by atoms with Crippen LogP contribution in [-0.2, 0) is 6.18 Å². The lowest BCUT2D eigenvalue weighted by Gasteiger charge is -2.15. The van der Waals surface area contributed by atoms with E-state index in [1.807, 2.05) is 0 Å². The summed E-state index contributed by atoms with van der Waals surface area (Å²) >= 11 is 0. The fraction of sp³-hybridized carbons (Fsp3) is 0.200. The monoisotopic (exact) mass is 351 g/mol. The van der Waals surface area contributed by atoms with Crippen molar-refractivity contribution in [1.29, 1.82) is 0 Å². The Bertz CT molecular complexity index is 938. The SMILES string of the molecule is C[C@@H](Nc1ccc(C(F)(F)F)cc1[N+](=O)[O-])c1nnc2ccccn12. The largest absolute Gasteiger partial charge is 0.416 e. The van der Waals surface area contributed by atoms with E-state index in [0.29, 0.717) is 17.5 Å². The molecule has 3 rings (SSSR count). The molecule has 0 saturated heterocycles. The highest BCUT2D eigenvalue weighted by Gasteiger charge is 2.33. The van der Waals surface area contributed by atoms with E-state index in [2.05, 4.69) is 15.5 Å². The van der Waals surface area contributed by atoms with Crippen LogP contribution in [0.25, 0.3) is 5.65 Å². The number of halogens is 3. The highest BCUT2D eigenvalue weighted by atomic mass is 19.4. The van der Waals surface area contributed by atoms with Crippen LogP contribution < -0.4 is 5.32 Å². The first-order valence-electron chi connectivity index (χ1n) is 7.19. The van der Waals surface area contributed by atoms with Gasteiger partial charge in [0.25, 0.3) is 5.69 Å². The van der Waals surface area contributed by atoms with Gasteiger partial charge in [-0.1, -0.05) is 6.07 Å². The predicted molar refractivity (Wildman–Crippen MR) is 83.1 cm³/mol. The number of hydrogen-bond acceptors (Lipinski definition) is 5. The number of aromatic nitrogens is 3. The number of pyridine rings is 1. The molecule has 0 unspecified atom stereocenters. The molecule has 0 spiro atoms. The molecule has 1 aromatic carbocycles. The van der Waals surface area contributed by atoms with Gasteiger partial charge in [0.2, 0.25) is 0 Å². The van der Waals surface area contributed by atoms with Crippen LogP contribution in [0.3, 0.4) is 0 Å². The molecule has 0 amide bonds. The van der Waals surface area contributed by atoms with Crippen LogP contribution in [0.5, 0.6) is 0 Å². The van der Waals surface area contributed by atoms with Gasteiger partial charge in [0.1, 0.15) is 5.69 Å². The molecular formula is C15H12F3N5O2. The Morgan fingerprint density at radius 3 is 2.68 bits per heavy atom. The van der Waals surface area contributed by atoms with Gasteiger partial charge in [-0.2, -0.15) is 13.2 Å². The maximum atomic E-state index is 12.8. The summed E-state index contributed by atoms with van der Waals surface area (Å²) in [4.78, 5) is 10.3. The minimum Gasteiger partial charge on any atom is -0.370 e. The van der Waals surface area contributed by atoms with E-state index in [1.165, 1.54) is 0 Å². The van der Waals surface area contributed by atoms with E-state index in [9.17, 15) is 23.3 Å². The molecule has 2 heterocycles. The van der Waals surface area contributed by atoms with Crippen molar-refractivity contribution in [2.45, 2.75) is 19.1 Å². The Morgan fingerprint density at radius 2 is 2.00 bits per heavy atom. The van der Waals surface area contributed by atoms with Crippen LogP contribution in [0.4, 0.5) is 24.5 Å². The molecular weight excluding hydrogens is 339 g/mol. The fourth-order valence-corrected chi connectivity index (χ4v) is 2.43. The molecule has 10 heteroatoms. The molecule has 25 heavy (non-hydrogen) atoms. The smallest absolute Gasteiger partial charge is 0.370 e. The lowest BCUT2D eigenvalue weighted by atomic mass is 10.1. The molecule has 0 aliphatic rings. The zero-order valence-electron chi connectivity index (χ0n) is 12.9. The predicted octanol–water partition coefficient (Wildman–Crippen LogP) is 3.83. The Hall–Kier alpha value is -3.17. The first-order chi connectivity index (χ1) is 11.8. The molecule has 0 fully saturated rings. The summed E-state index contributed by atoms with van der Waals surface area (Å²) < 4.78 is 40.0. The average molecular weight is 351 g/mol. The number of nitrogens with one attached hydrogen (secondary N) is 1. The number of nitrogens with zero attached hydrogens (tertiary/aromatic N) is 4. The van der Waals surface area contributed by atoms with Crippen molar-refractivity contribution in [2.24, 2.45) is 0 Å². The van der Waals surface area contributed by atoms with Gasteiger partial charge in [-0.3, -0.25) is 14.5 Å². The van der Waals surface area contributed by atoms with E-state index >= 15 is 0 Å². The van der Waals surface area contributed by atoms with Crippen molar-refractivity contribution < 1.29 is 18.1 Å². The number of alkyl halides is 3. The summed E-state index contributed by atoms with van der Waals surface area (Å²) in [5.41, 5.74) is -1.17. The third kappa shape index (κ3) is 3.23. The first-order valence-corrected chi connectivity index (χ1v) is 7.19. The van der Waals surface area contributed by atoms with Crippen molar-refractivity contribution in [2.75, 3.05) is 5.32 Å². The summed E-state index contributed by atoms with van der Waals surface area (Å²) in [7, 11) is 0. The second-order valence-electron chi connectivity index (χ2n) is 5.34. The Labute approximate surface area is 139 Å². The molecule has 0 aliphatic heterocycles. The molecule has 0 aliphatic carbocycles. The van der Waals surface area contributed by atoms with Crippen LogP contribution in [0.15, 0.2) is 42.6 Å². The molecule has 0 bridgehead atoms. The van der Waals surface area contributed by atoms with Gasteiger partial charge in [0, 0.05) is 12.3 Å². The number of nitro groups is 1. The summed E-state index contributed by atoms with van der Waals surface area (Å²) in [5.74, 6) is 0.477. The first kappa shape index (κ1) is 16.7.